The van der Waals surface area contributed by atoms with Crippen LogP contribution in [0.2, 0.25) is 19.6 Å². The van der Waals surface area contributed by atoms with Gasteiger partial charge in [-0.3, -0.25) is 0 Å². The predicted octanol–water partition coefficient (Wildman–Crippen LogP) is 2.86. The SMILES string of the molecule is CCOC(=O)c1cc(C)cc([Si](C)(C)C)c1F. The van der Waals surface area contributed by atoms with E-state index in [1.54, 1.807) is 13.0 Å². The van der Waals surface area contributed by atoms with Crippen molar-refractivity contribution in [2.75, 3.05) is 6.61 Å². The Hall–Kier alpha value is -1.16. The van der Waals surface area contributed by atoms with Gasteiger partial charge in [0.25, 0.3) is 0 Å². The predicted molar refractivity (Wildman–Crippen MR) is 70.1 cm³/mol. The summed E-state index contributed by atoms with van der Waals surface area (Å²) in [5.74, 6) is -0.985. The van der Waals surface area contributed by atoms with Gasteiger partial charge in [0.15, 0.2) is 0 Å². The fourth-order valence-electron chi connectivity index (χ4n) is 1.67. The van der Waals surface area contributed by atoms with Crippen LogP contribution in [0.1, 0.15) is 22.8 Å². The van der Waals surface area contributed by atoms with Crippen LogP contribution in [-0.2, 0) is 4.74 Å². The molecule has 0 N–H and O–H groups in total. The molecule has 1 aromatic rings. The smallest absolute Gasteiger partial charge is 0.341 e. The Balaban J connectivity index is 3.34. The van der Waals surface area contributed by atoms with E-state index in [1.807, 2.05) is 13.0 Å². The number of hydrogen-bond acceptors (Lipinski definition) is 2. The molecule has 17 heavy (non-hydrogen) atoms. The van der Waals surface area contributed by atoms with Gasteiger partial charge in [-0.05, 0) is 25.1 Å². The summed E-state index contributed by atoms with van der Waals surface area (Å²) in [5.41, 5.74) is 0.955. The third-order valence-electron chi connectivity index (χ3n) is 2.52. The average Bonchev–Trinajstić information content (AvgIpc) is 2.19. The minimum absolute atomic E-state index is 0.0595. The van der Waals surface area contributed by atoms with Crippen molar-refractivity contribution in [2.24, 2.45) is 0 Å². The molecule has 0 unspecified atom stereocenters. The largest absolute Gasteiger partial charge is 0.462 e. The molecule has 0 aliphatic carbocycles. The molecule has 0 heterocycles. The molecule has 0 spiro atoms. The first kappa shape index (κ1) is 13.9. The molecule has 1 aromatic carbocycles. The fraction of sp³-hybridized carbons (Fsp3) is 0.462. The molecule has 2 nitrogen and oxygen atoms in total. The topological polar surface area (TPSA) is 26.3 Å². The Morgan fingerprint density at radius 1 is 1.35 bits per heavy atom. The van der Waals surface area contributed by atoms with Crippen LogP contribution in [0, 0.1) is 12.7 Å². The fourth-order valence-corrected chi connectivity index (χ4v) is 3.13. The van der Waals surface area contributed by atoms with E-state index < -0.39 is 19.9 Å². The summed E-state index contributed by atoms with van der Waals surface area (Å²) in [4.78, 5) is 11.7. The number of carbonyl (C=O) groups is 1. The Kier molecular flexibility index (Phi) is 4.09. The summed E-state index contributed by atoms with van der Waals surface area (Å²) in [6.07, 6.45) is 0. The number of rotatable bonds is 3. The highest BCUT2D eigenvalue weighted by Crippen LogP contribution is 2.14. The normalized spacial score (nSPS) is 11.4. The molecule has 0 amide bonds. The minimum atomic E-state index is -1.79. The Morgan fingerprint density at radius 2 is 1.94 bits per heavy atom. The van der Waals surface area contributed by atoms with Crippen molar-refractivity contribution in [3.05, 3.63) is 29.1 Å². The van der Waals surface area contributed by atoms with Crippen LogP contribution in [-0.4, -0.2) is 20.7 Å². The first-order valence-electron chi connectivity index (χ1n) is 5.75. The second-order valence-corrected chi connectivity index (χ2v) is 10.2. The van der Waals surface area contributed by atoms with Gasteiger partial charge >= 0.3 is 5.97 Å². The molecule has 0 atom stereocenters. The van der Waals surface area contributed by atoms with E-state index in [-0.39, 0.29) is 12.2 Å². The van der Waals surface area contributed by atoms with E-state index >= 15 is 0 Å². The third kappa shape index (κ3) is 3.16. The van der Waals surface area contributed by atoms with Gasteiger partial charge in [-0.2, -0.15) is 0 Å². The van der Waals surface area contributed by atoms with Crippen molar-refractivity contribution in [3.63, 3.8) is 0 Å². The summed E-state index contributed by atoms with van der Waals surface area (Å²) in [6, 6.07) is 3.39. The van der Waals surface area contributed by atoms with Gasteiger partial charge in [-0.25, -0.2) is 9.18 Å². The number of hydrogen-bond donors (Lipinski definition) is 0. The van der Waals surface area contributed by atoms with Crippen LogP contribution in [0.15, 0.2) is 12.1 Å². The number of aryl methyl sites for hydroxylation is 1. The van der Waals surface area contributed by atoms with Crippen LogP contribution in [0.5, 0.6) is 0 Å². The van der Waals surface area contributed by atoms with Gasteiger partial charge in [-0.15, -0.1) is 0 Å². The molecule has 0 radical (unpaired) electrons. The number of carbonyl (C=O) groups excluding carboxylic acids is 1. The van der Waals surface area contributed by atoms with Crippen molar-refractivity contribution in [3.8, 4) is 0 Å². The molecule has 0 aromatic heterocycles. The molecule has 1 rings (SSSR count). The lowest BCUT2D eigenvalue weighted by Crippen LogP contribution is -2.41. The molecule has 0 aliphatic rings. The zero-order chi connectivity index (χ0) is 13.2. The highest BCUT2D eigenvalue weighted by molar-refractivity contribution is 6.88. The molecule has 0 saturated heterocycles. The standard InChI is InChI=1S/C13H19FO2Si/c1-6-16-13(15)10-7-9(2)8-11(12(10)14)17(3,4)5/h7-8H,6H2,1-5H3. The second kappa shape index (κ2) is 5.00. The van der Waals surface area contributed by atoms with E-state index in [1.165, 1.54) is 0 Å². The van der Waals surface area contributed by atoms with Crippen molar-refractivity contribution in [2.45, 2.75) is 33.5 Å². The number of benzene rings is 1. The molecule has 94 valence electrons. The van der Waals surface area contributed by atoms with Gasteiger partial charge in [0.1, 0.15) is 5.82 Å². The monoisotopic (exact) mass is 254 g/mol. The van der Waals surface area contributed by atoms with E-state index in [2.05, 4.69) is 19.6 Å². The summed E-state index contributed by atoms with van der Waals surface area (Å²) >= 11 is 0. The Labute approximate surface area is 103 Å². The van der Waals surface area contributed by atoms with Gasteiger partial charge in [0, 0.05) is 0 Å². The molecule has 0 fully saturated rings. The molecule has 0 saturated carbocycles. The van der Waals surface area contributed by atoms with E-state index in [9.17, 15) is 9.18 Å². The molecule has 4 heteroatoms. The van der Waals surface area contributed by atoms with E-state index in [4.69, 9.17) is 4.74 Å². The number of halogens is 1. The zero-order valence-corrected chi connectivity index (χ0v) is 12.1. The van der Waals surface area contributed by atoms with Gasteiger partial charge in [0.05, 0.1) is 20.2 Å². The first-order valence-corrected chi connectivity index (χ1v) is 9.25. The Morgan fingerprint density at radius 3 is 2.41 bits per heavy atom. The summed E-state index contributed by atoms with van der Waals surface area (Å²) < 4.78 is 19.1. The quantitative estimate of drug-likeness (QED) is 0.612. The van der Waals surface area contributed by atoms with Gasteiger partial charge in [-0.1, -0.05) is 31.3 Å². The van der Waals surface area contributed by atoms with Crippen LogP contribution in [0.25, 0.3) is 0 Å². The minimum Gasteiger partial charge on any atom is -0.462 e. The lowest BCUT2D eigenvalue weighted by atomic mass is 10.1. The average molecular weight is 254 g/mol. The van der Waals surface area contributed by atoms with Crippen molar-refractivity contribution in [1.82, 2.24) is 0 Å². The summed E-state index contributed by atoms with van der Waals surface area (Å²) in [5, 5.41) is 0.681. The van der Waals surface area contributed by atoms with E-state index in [0.29, 0.717) is 5.19 Å². The molecule has 0 aliphatic heterocycles. The van der Waals surface area contributed by atoms with Crippen molar-refractivity contribution in [1.29, 1.82) is 0 Å². The highest BCUT2D eigenvalue weighted by Gasteiger charge is 2.25. The van der Waals surface area contributed by atoms with Crippen LogP contribution < -0.4 is 5.19 Å². The Bertz CT molecular complexity index is 436. The summed E-state index contributed by atoms with van der Waals surface area (Å²) in [7, 11) is -1.79. The number of esters is 1. The lowest BCUT2D eigenvalue weighted by molar-refractivity contribution is 0.0521. The first-order chi connectivity index (χ1) is 7.77. The molecular formula is C13H19FO2Si. The third-order valence-corrected chi connectivity index (χ3v) is 4.50. The maximum atomic E-state index is 14.3. The van der Waals surface area contributed by atoms with Crippen LogP contribution in [0.4, 0.5) is 4.39 Å². The van der Waals surface area contributed by atoms with Crippen LogP contribution in [0.3, 0.4) is 0 Å². The zero-order valence-electron chi connectivity index (χ0n) is 11.1. The summed E-state index contributed by atoms with van der Waals surface area (Å²) in [6.45, 7) is 10.0. The lowest BCUT2D eigenvalue weighted by Gasteiger charge is -2.19. The van der Waals surface area contributed by atoms with Crippen molar-refractivity contribution >= 4 is 19.2 Å². The maximum absolute atomic E-state index is 14.3. The van der Waals surface area contributed by atoms with Crippen LogP contribution >= 0.6 is 0 Å². The molecule has 0 bridgehead atoms. The second-order valence-electron chi connectivity index (χ2n) is 5.14. The van der Waals surface area contributed by atoms with E-state index in [0.717, 1.165) is 5.56 Å². The maximum Gasteiger partial charge on any atom is 0.341 e. The van der Waals surface area contributed by atoms with Crippen molar-refractivity contribution < 1.29 is 13.9 Å². The van der Waals surface area contributed by atoms with Gasteiger partial charge < -0.3 is 4.74 Å². The van der Waals surface area contributed by atoms with Gasteiger partial charge in [0.2, 0.25) is 0 Å². The number of ether oxygens (including phenoxy) is 1. The highest BCUT2D eigenvalue weighted by atomic mass is 28.3. The molecular weight excluding hydrogens is 235 g/mol.